The maximum absolute atomic E-state index is 12.0. The van der Waals surface area contributed by atoms with Gasteiger partial charge in [-0.1, -0.05) is 62.1 Å². The van der Waals surface area contributed by atoms with Crippen molar-refractivity contribution in [1.29, 1.82) is 0 Å². The zero-order chi connectivity index (χ0) is 12.2. The van der Waals surface area contributed by atoms with Gasteiger partial charge in [0.05, 0.1) is 0 Å². The van der Waals surface area contributed by atoms with Gasteiger partial charge in [0.15, 0.2) is 0 Å². The van der Waals surface area contributed by atoms with Crippen LogP contribution in [0.25, 0.3) is 0 Å². The minimum atomic E-state index is 0.367. The molecule has 0 aromatic rings. The summed E-state index contributed by atoms with van der Waals surface area (Å²) < 4.78 is 1.18. The van der Waals surface area contributed by atoms with Gasteiger partial charge in [0, 0.05) is 12.3 Å². The molecule has 0 N–H and O–H groups in total. The number of hydrogen-bond acceptors (Lipinski definition) is 1. The van der Waals surface area contributed by atoms with Crippen LogP contribution in [-0.4, -0.2) is 10.2 Å². The average molecular weight is 338 g/mol. The van der Waals surface area contributed by atoms with Crippen LogP contribution in [0.2, 0.25) is 0 Å². The molecule has 0 heterocycles. The van der Waals surface area contributed by atoms with E-state index in [4.69, 9.17) is 0 Å². The lowest BCUT2D eigenvalue weighted by Crippen LogP contribution is -2.14. The second-order valence-electron chi connectivity index (χ2n) is 4.59. The van der Waals surface area contributed by atoms with Crippen LogP contribution in [0.3, 0.4) is 0 Å². The molecule has 0 fully saturated rings. The number of Topliss-reactive ketones (excluding diaryl/α,β-unsaturated/α-hetero) is 1. The van der Waals surface area contributed by atoms with E-state index in [0.29, 0.717) is 11.7 Å². The van der Waals surface area contributed by atoms with E-state index in [0.717, 1.165) is 25.7 Å². The molecule has 0 radical (unpaired) electrons. The van der Waals surface area contributed by atoms with E-state index in [-0.39, 0.29) is 0 Å². The lowest BCUT2D eigenvalue weighted by atomic mass is 9.90. The van der Waals surface area contributed by atoms with E-state index >= 15 is 0 Å². The first-order valence-corrected chi connectivity index (χ1v) is 8.37. The van der Waals surface area contributed by atoms with Gasteiger partial charge in [-0.2, -0.15) is 0 Å². The molecular formula is C14H27IO. The highest BCUT2D eigenvalue weighted by molar-refractivity contribution is 14.1. The molecule has 0 aromatic heterocycles. The Labute approximate surface area is 115 Å². The van der Waals surface area contributed by atoms with E-state index in [2.05, 4.69) is 36.4 Å². The Balaban J connectivity index is 3.88. The zero-order valence-electron chi connectivity index (χ0n) is 10.9. The molecule has 0 aromatic carbocycles. The fourth-order valence-electron chi connectivity index (χ4n) is 1.99. The third kappa shape index (κ3) is 8.54. The largest absolute Gasteiger partial charge is 0.299 e. The molecule has 0 aliphatic heterocycles. The lowest BCUT2D eigenvalue weighted by molar-refractivity contribution is -0.123. The molecule has 16 heavy (non-hydrogen) atoms. The van der Waals surface area contributed by atoms with Crippen LogP contribution < -0.4 is 0 Å². The first kappa shape index (κ1) is 16.4. The summed E-state index contributed by atoms with van der Waals surface area (Å²) in [5.41, 5.74) is 0. The van der Waals surface area contributed by atoms with Crippen molar-refractivity contribution in [3.05, 3.63) is 0 Å². The standard InChI is InChI=1S/C14H27IO/c1-3-5-7-11-14(16)13(9-6-4-2)10-8-12-15/h13H,3-12H2,1-2H3. The summed E-state index contributed by atoms with van der Waals surface area (Å²) in [5, 5.41) is 0. The third-order valence-corrected chi connectivity index (χ3v) is 3.84. The van der Waals surface area contributed by atoms with Crippen LogP contribution >= 0.6 is 22.6 Å². The minimum absolute atomic E-state index is 0.367. The van der Waals surface area contributed by atoms with Crippen molar-refractivity contribution in [2.24, 2.45) is 5.92 Å². The first-order chi connectivity index (χ1) is 7.76. The summed E-state index contributed by atoms with van der Waals surface area (Å²) in [6, 6.07) is 0. The van der Waals surface area contributed by atoms with Crippen molar-refractivity contribution in [3.63, 3.8) is 0 Å². The van der Waals surface area contributed by atoms with E-state index < -0.39 is 0 Å². The summed E-state index contributed by atoms with van der Waals surface area (Å²) in [7, 11) is 0. The highest BCUT2D eigenvalue weighted by Gasteiger charge is 2.16. The monoisotopic (exact) mass is 338 g/mol. The van der Waals surface area contributed by atoms with Crippen LogP contribution in [0.5, 0.6) is 0 Å². The topological polar surface area (TPSA) is 17.1 Å². The number of halogens is 1. The molecule has 0 saturated carbocycles. The SMILES string of the molecule is CCCCCC(=O)C(CCCC)CCCI. The Hall–Kier alpha value is 0.400. The molecule has 0 saturated heterocycles. The Morgan fingerprint density at radius 1 is 1.00 bits per heavy atom. The molecule has 0 rings (SSSR count). The van der Waals surface area contributed by atoms with Gasteiger partial charge in [0.2, 0.25) is 0 Å². The summed E-state index contributed by atoms with van der Waals surface area (Å²) in [4.78, 5) is 12.0. The number of alkyl halides is 1. The highest BCUT2D eigenvalue weighted by Crippen LogP contribution is 2.19. The molecule has 96 valence electrons. The molecule has 0 aliphatic rings. The van der Waals surface area contributed by atoms with Gasteiger partial charge in [0.1, 0.15) is 5.78 Å². The normalized spacial score (nSPS) is 12.7. The summed E-state index contributed by atoms with van der Waals surface area (Å²) in [6.07, 6.45) is 10.2. The number of carbonyl (C=O) groups is 1. The van der Waals surface area contributed by atoms with Crippen molar-refractivity contribution < 1.29 is 4.79 Å². The molecule has 0 spiro atoms. The van der Waals surface area contributed by atoms with Crippen LogP contribution in [0.4, 0.5) is 0 Å². The van der Waals surface area contributed by atoms with Crippen molar-refractivity contribution >= 4 is 28.4 Å². The molecular weight excluding hydrogens is 311 g/mol. The predicted octanol–water partition coefficient (Wildman–Crippen LogP) is 5.16. The quantitative estimate of drug-likeness (QED) is 0.289. The molecule has 1 nitrogen and oxygen atoms in total. The third-order valence-electron chi connectivity index (χ3n) is 3.07. The number of rotatable bonds is 11. The number of carbonyl (C=O) groups excluding carboxylic acids is 1. The van der Waals surface area contributed by atoms with Gasteiger partial charge in [-0.05, 0) is 30.1 Å². The van der Waals surface area contributed by atoms with E-state index in [1.54, 1.807) is 0 Å². The van der Waals surface area contributed by atoms with Crippen LogP contribution in [0, 0.1) is 5.92 Å². The van der Waals surface area contributed by atoms with Crippen molar-refractivity contribution in [2.75, 3.05) is 4.43 Å². The number of unbranched alkanes of at least 4 members (excludes halogenated alkanes) is 3. The molecule has 2 heteroatoms. The zero-order valence-corrected chi connectivity index (χ0v) is 13.1. The van der Waals surface area contributed by atoms with Crippen LogP contribution in [-0.2, 0) is 4.79 Å². The lowest BCUT2D eigenvalue weighted by Gasteiger charge is -2.14. The maximum atomic E-state index is 12.0. The molecule has 0 amide bonds. The highest BCUT2D eigenvalue weighted by atomic mass is 127. The van der Waals surface area contributed by atoms with Gasteiger partial charge in [-0.3, -0.25) is 4.79 Å². The Morgan fingerprint density at radius 3 is 2.19 bits per heavy atom. The Bertz CT molecular complexity index is 160. The molecule has 0 bridgehead atoms. The fraction of sp³-hybridized carbons (Fsp3) is 0.929. The van der Waals surface area contributed by atoms with Crippen molar-refractivity contribution in [3.8, 4) is 0 Å². The van der Waals surface area contributed by atoms with E-state index in [9.17, 15) is 4.79 Å². The van der Waals surface area contributed by atoms with Crippen molar-refractivity contribution in [1.82, 2.24) is 0 Å². The van der Waals surface area contributed by atoms with Gasteiger partial charge in [0.25, 0.3) is 0 Å². The first-order valence-electron chi connectivity index (χ1n) is 6.84. The van der Waals surface area contributed by atoms with Gasteiger partial charge < -0.3 is 0 Å². The molecule has 1 unspecified atom stereocenters. The van der Waals surface area contributed by atoms with Crippen LogP contribution in [0.1, 0.15) is 71.6 Å². The van der Waals surface area contributed by atoms with Gasteiger partial charge in [-0.25, -0.2) is 0 Å². The summed E-state index contributed by atoms with van der Waals surface area (Å²) in [6.45, 7) is 4.39. The van der Waals surface area contributed by atoms with Gasteiger partial charge >= 0.3 is 0 Å². The van der Waals surface area contributed by atoms with Crippen LogP contribution in [0.15, 0.2) is 0 Å². The molecule has 1 atom stereocenters. The van der Waals surface area contributed by atoms with E-state index in [1.165, 1.54) is 36.5 Å². The smallest absolute Gasteiger partial charge is 0.135 e. The predicted molar refractivity (Wildman–Crippen MR) is 80.3 cm³/mol. The Morgan fingerprint density at radius 2 is 1.62 bits per heavy atom. The fourth-order valence-corrected chi connectivity index (χ4v) is 2.43. The van der Waals surface area contributed by atoms with Crippen molar-refractivity contribution in [2.45, 2.75) is 71.6 Å². The minimum Gasteiger partial charge on any atom is -0.299 e. The number of ketones is 1. The van der Waals surface area contributed by atoms with E-state index in [1.807, 2.05) is 0 Å². The van der Waals surface area contributed by atoms with Gasteiger partial charge in [-0.15, -0.1) is 0 Å². The second-order valence-corrected chi connectivity index (χ2v) is 5.67. The number of hydrogen-bond donors (Lipinski definition) is 0. The maximum Gasteiger partial charge on any atom is 0.135 e. The summed E-state index contributed by atoms with van der Waals surface area (Å²) >= 11 is 2.41. The average Bonchev–Trinajstić information content (AvgIpc) is 2.29. The summed E-state index contributed by atoms with van der Waals surface area (Å²) in [5.74, 6) is 0.901. The Kier molecular flexibility index (Phi) is 12.2. The molecule has 0 aliphatic carbocycles. The second kappa shape index (κ2) is 11.9.